The van der Waals surface area contributed by atoms with Gasteiger partial charge in [0.25, 0.3) is 5.91 Å². The van der Waals surface area contributed by atoms with Gasteiger partial charge in [-0.25, -0.2) is 0 Å². The quantitative estimate of drug-likeness (QED) is 0.890. The number of rotatable bonds is 2. The number of hydrogen-bond acceptors (Lipinski definition) is 5. The maximum absolute atomic E-state index is 12.4. The topological polar surface area (TPSA) is 80.9 Å². The van der Waals surface area contributed by atoms with Gasteiger partial charge in [-0.3, -0.25) is 4.79 Å². The van der Waals surface area contributed by atoms with E-state index in [2.05, 4.69) is 29.4 Å². The lowest BCUT2D eigenvalue weighted by molar-refractivity contribution is 0.0941. The smallest absolute Gasteiger partial charge is 0.263 e. The summed E-state index contributed by atoms with van der Waals surface area (Å²) in [5.74, 6) is -0.0896. The summed E-state index contributed by atoms with van der Waals surface area (Å²) in [4.78, 5) is 13.6. The van der Waals surface area contributed by atoms with Crippen LogP contribution < -0.4 is 11.1 Å². The summed E-state index contributed by atoms with van der Waals surface area (Å²) in [6.45, 7) is 4.48. The van der Waals surface area contributed by atoms with Crippen molar-refractivity contribution >= 4 is 33.1 Å². The number of nitrogen functional groups attached to an aromatic ring is 1. The Hall–Kier alpha value is -1.69. The molecule has 0 aliphatic heterocycles. The van der Waals surface area contributed by atoms with Crippen LogP contribution in [0.15, 0.2) is 12.3 Å². The number of nitrogens with one attached hydrogen (secondary N) is 1. The first kappa shape index (κ1) is 13.3. The molecule has 1 unspecified atom stereocenters. The molecule has 5 nitrogen and oxygen atoms in total. The molecule has 6 heteroatoms. The number of thiophene rings is 1. The Labute approximate surface area is 121 Å². The Morgan fingerprint density at radius 2 is 2.35 bits per heavy atom. The number of nitrogens with zero attached hydrogens (tertiary/aromatic N) is 2. The van der Waals surface area contributed by atoms with Gasteiger partial charge >= 0.3 is 0 Å². The molecule has 1 fully saturated rings. The number of hydrogen-bond donors (Lipinski definition) is 2. The first-order valence-electron chi connectivity index (χ1n) is 6.77. The second kappa shape index (κ2) is 4.70. The van der Waals surface area contributed by atoms with E-state index in [0.29, 0.717) is 20.8 Å². The Balaban J connectivity index is 1.81. The van der Waals surface area contributed by atoms with Gasteiger partial charge in [0, 0.05) is 11.4 Å². The van der Waals surface area contributed by atoms with Crippen molar-refractivity contribution in [1.82, 2.24) is 15.5 Å². The minimum atomic E-state index is -0.0896. The largest absolute Gasteiger partial charge is 0.397 e. The Kier molecular flexibility index (Phi) is 3.12. The monoisotopic (exact) mass is 290 g/mol. The molecule has 2 aromatic rings. The van der Waals surface area contributed by atoms with E-state index in [1.165, 1.54) is 11.3 Å². The zero-order valence-corrected chi connectivity index (χ0v) is 12.5. The van der Waals surface area contributed by atoms with Gasteiger partial charge in [0.1, 0.15) is 9.71 Å². The zero-order chi connectivity index (χ0) is 14.3. The number of fused-ring (bicyclic) bond motifs is 1. The molecule has 0 saturated heterocycles. The van der Waals surface area contributed by atoms with Crippen LogP contribution in [0.3, 0.4) is 0 Å². The Morgan fingerprint density at radius 1 is 1.55 bits per heavy atom. The van der Waals surface area contributed by atoms with E-state index in [4.69, 9.17) is 5.73 Å². The molecule has 1 saturated carbocycles. The van der Waals surface area contributed by atoms with Crippen LogP contribution in [-0.2, 0) is 0 Å². The molecule has 2 heterocycles. The fourth-order valence-electron chi connectivity index (χ4n) is 2.85. The van der Waals surface area contributed by atoms with Crippen molar-refractivity contribution in [3.8, 4) is 0 Å². The number of carbonyl (C=O) groups is 1. The van der Waals surface area contributed by atoms with Crippen molar-refractivity contribution < 1.29 is 4.79 Å². The van der Waals surface area contributed by atoms with E-state index < -0.39 is 0 Å². The van der Waals surface area contributed by atoms with Gasteiger partial charge in [0.15, 0.2) is 0 Å². The van der Waals surface area contributed by atoms with Gasteiger partial charge in [-0.1, -0.05) is 13.8 Å². The minimum Gasteiger partial charge on any atom is -0.397 e. The summed E-state index contributed by atoms with van der Waals surface area (Å²) in [6.07, 6.45) is 4.78. The Morgan fingerprint density at radius 3 is 3.00 bits per heavy atom. The third-order valence-corrected chi connectivity index (χ3v) is 5.03. The lowest BCUT2D eigenvalue weighted by Gasteiger charge is -2.17. The Bertz CT molecular complexity index is 664. The van der Waals surface area contributed by atoms with Crippen molar-refractivity contribution in [3.05, 3.63) is 17.1 Å². The third kappa shape index (κ3) is 2.35. The molecule has 1 aliphatic carbocycles. The molecule has 1 atom stereocenters. The molecule has 106 valence electrons. The normalized spacial score (nSPS) is 21.2. The highest BCUT2D eigenvalue weighted by molar-refractivity contribution is 7.21. The second-order valence-electron chi connectivity index (χ2n) is 6.17. The van der Waals surface area contributed by atoms with Gasteiger partial charge in [0.05, 0.1) is 11.9 Å². The second-order valence-corrected chi connectivity index (χ2v) is 7.17. The predicted molar refractivity (Wildman–Crippen MR) is 80.7 cm³/mol. The van der Waals surface area contributed by atoms with Crippen molar-refractivity contribution in [3.63, 3.8) is 0 Å². The standard InChI is InChI=1S/C14H18N4OS/c1-14(2)5-3-8(7-14)17-12(19)11-10(15)9-4-6-16-18-13(9)20-11/h4,6,8H,3,5,7,15H2,1-2H3,(H,17,19). The number of aromatic nitrogens is 2. The summed E-state index contributed by atoms with van der Waals surface area (Å²) in [5.41, 5.74) is 6.87. The molecule has 3 N–H and O–H groups in total. The summed E-state index contributed by atoms with van der Waals surface area (Å²) in [5, 5.41) is 11.7. The van der Waals surface area contributed by atoms with Gasteiger partial charge in [0.2, 0.25) is 0 Å². The van der Waals surface area contributed by atoms with Gasteiger partial charge < -0.3 is 11.1 Å². The SMILES string of the molecule is CC1(C)CCC(NC(=O)c2sc3nnccc3c2N)C1. The van der Waals surface area contributed by atoms with Crippen LogP contribution in [-0.4, -0.2) is 22.1 Å². The summed E-state index contributed by atoms with van der Waals surface area (Å²) in [7, 11) is 0. The molecule has 0 bridgehead atoms. The summed E-state index contributed by atoms with van der Waals surface area (Å²) >= 11 is 1.30. The first-order chi connectivity index (χ1) is 9.46. The maximum Gasteiger partial charge on any atom is 0.263 e. The van der Waals surface area contributed by atoms with Crippen molar-refractivity contribution in [2.75, 3.05) is 5.73 Å². The van der Waals surface area contributed by atoms with Crippen LogP contribution >= 0.6 is 11.3 Å². The van der Waals surface area contributed by atoms with Crippen LogP contribution in [0.4, 0.5) is 5.69 Å². The molecule has 20 heavy (non-hydrogen) atoms. The molecular weight excluding hydrogens is 272 g/mol. The molecule has 1 aliphatic rings. The molecule has 3 rings (SSSR count). The average molecular weight is 290 g/mol. The summed E-state index contributed by atoms with van der Waals surface area (Å²) < 4.78 is 0. The van der Waals surface area contributed by atoms with Crippen molar-refractivity contribution in [2.45, 2.75) is 39.2 Å². The highest BCUT2D eigenvalue weighted by atomic mass is 32.1. The molecule has 2 aromatic heterocycles. The van der Waals surface area contributed by atoms with Crippen molar-refractivity contribution in [1.29, 1.82) is 0 Å². The molecule has 0 aromatic carbocycles. The van der Waals surface area contributed by atoms with Gasteiger partial charge in [-0.2, -0.15) is 5.10 Å². The van der Waals surface area contributed by atoms with E-state index in [0.717, 1.165) is 24.6 Å². The van der Waals surface area contributed by atoms with Crippen LogP contribution in [0, 0.1) is 5.41 Å². The van der Waals surface area contributed by atoms with E-state index in [1.54, 1.807) is 12.3 Å². The fraction of sp³-hybridized carbons (Fsp3) is 0.500. The van der Waals surface area contributed by atoms with Crippen LogP contribution in [0.5, 0.6) is 0 Å². The average Bonchev–Trinajstić information content (AvgIpc) is 2.91. The predicted octanol–water partition coefficient (Wildman–Crippen LogP) is 2.58. The van der Waals surface area contributed by atoms with Crippen LogP contribution in [0.25, 0.3) is 10.2 Å². The van der Waals surface area contributed by atoms with E-state index in [1.807, 2.05) is 0 Å². The minimum absolute atomic E-state index is 0.0896. The molecule has 0 spiro atoms. The van der Waals surface area contributed by atoms with E-state index >= 15 is 0 Å². The first-order valence-corrected chi connectivity index (χ1v) is 7.58. The number of carbonyl (C=O) groups excluding carboxylic acids is 1. The lowest BCUT2D eigenvalue weighted by atomic mass is 9.92. The van der Waals surface area contributed by atoms with E-state index in [-0.39, 0.29) is 11.9 Å². The lowest BCUT2D eigenvalue weighted by Crippen LogP contribution is -2.33. The van der Waals surface area contributed by atoms with Crippen LogP contribution in [0.1, 0.15) is 42.8 Å². The number of amides is 1. The maximum atomic E-state index is 12.4. The van der Waals surface area contributed by atoms with Crippen LogP contribution in [0.2, 0.25) is 0 Å². The summed E-state index contributed by atoms with van der Waals surface area (Å²) in [6, 6.07) is 2.04. The fourth-order valence-corrected chi connectivity index (χ4v) is 3.79. The molecular formula is C14H18N4OS. The van der Waals surface area contributed by atoms with E-state index in [9.17, 15) is 4.79 Å². The zero-order valence-electron chi connectivity index (χ0n) is 11.6. The molecule has 0 radical (unpaired) electrons. The number of anilines is 1. The van der Waals surface area contributed by atoms with Gasteiger partial charge in [-0.05, 0) is 30.7 Å². The molecule has 1 amide bonds. The highest BCUT2D eigenvalue weighted by Crippen LogP contribution is 2.37. The third-order valence-electron chi connectivity index (χ3n) is 3.93. The highest BCUT2D eigenvalue weighted by Gasteiger charge is 2.32. The number of nitrogens with two attached hydrogens (primary N) is 1. The van der Waals surface area contributed by atoms with Crippen molar-refractivity contribution in [2.24, 2.45) is 5.41 Å². The van der Waals surface area contributed by atoms with Gasteiger partial charge in [-0.15, -0.1) is 16.4 Å².